The highest BCUT2D eigenvalue weighted by atomic mass is 15.3. The van der Waals surface area contributed by atoms with Crippen LogP contribution >= 0.6 is 0 Å². The maximum Gasteiger partial charge on any atom is 0.0246 e. The molecule has 3 aliphatic rings. The molecule has 0 aromatic rings. The molecule has 1 aliphatic carbocycles. The molecule has 2 heterocycles. The van der Waals surface area contributed by atoms with E-state index < -0.39 is 0 Å². The second-order valence-electron chi connectivity index (χ2n) is 6.83. The summed E-state index contributed by atoms with van der Waals surface area (Å²) in [6, 6.07) is 1.72. The molecule has 3 fully saturated rings. The van der Waals surface area contributed by atoms with Gasteiger partial charge in [-0.15, -0.1) is 0 Å². The van der Waals surface area contributed by atoms with Gasteiger partial charge in [-0.3, -0.25) is 9.80 Å². The summed E-state index contributed by atoms with van der Waals surface area (Å²) in [5, 5.41) is 0. The molecular formula is C15H28N2. The minimum absolute atomic E-state index is 0.816. The first-order chi connectivity index (χ1) is 8.24. The minimum atomic E-state index is 0.816. The largest absolute Gasteiger partial charge is 0.298 e. The summed E-state index contributed by atoms with van der Waals surface area (Å²) in [5.41, 5.74) is 0. The molecule has 0 aromatic heterocycles. The fraction of sp³-hybridized carbons (Fsp3) is 1.00. The van der Waals surface area contributed by atoms with Crippen LogP contribution in [0.15, 0.2) is 0 Å². The summed E-state index contributed by atoms with van der Waals surface area (Å²) in [6.45, 7) is 10.3. The van der Waals surface area contributed by atoms with E-state index in [4.69, 9.17) is 0 Å². The van der Waals surface area contributed by atoms with Crippen molar-refractivity contribution in [3.05, 3.63) is 0 Å². The Hall–Kier alpha value is -0.0800. The lowest BCUT2D eigenvalue weighted by Gasteiger charge is -2.45. The van der Waals surface area contributed by atoms with Crippen molar-refractivity contribution in [2.75, 3.05) is 26.2 Å². The Balaban J connectivity index is 1.60. The molecule has 0 radical (unpaired) electrons. The van der Waals surface area contributed by atoms with Gasteiger partial charge in [0.25, 0.3) is 0 Å². The van der Waals surface area contributed by atoms with Gasteiger partial charge in [0.05, 0.1) is 0 Å². The number of rotatable bonds is 4. The van der Waals surface area contributed by atoms with Gasteiger partial charge < -0.3 is 0 Å². The van der Waals surface area contributed by atoms with Crippen molar-refractivity contribution in [3.63, 3.8) is 0 Å². The Morgan fingerprint density at radius 2 is 1.94 bits per heavy atom. The molecule has 2 atom stereocenters. The number of hydrogen-bond donors (Lipinski definition) is 0. The molecule has 2 heteroatoms. The van der Waals surface area contributed by atoms with E-state index in [1.54, 1.807) is 0 Å². The second kappa shape index (κ2) is 4.89. The molecule has 3 rings (SSSR count). The van der Waals surface area contributed by atoms with Crippen LogP contribution in [0.1, 0.15) is 46.0 Å². The van der Waals surface area contributed by atoms with Crippen molar-refractivity contribution in [2.24, 2.45) is 11.8 Å². The van der Waals surface area contributed by atoms with Crippen LogP contribution in [0.2, 0.25) is 0 Å². The molecule has 0 amide bonds. The van der Waals surface area contributed by atoms with Gasteiger partial charge in [0.15, 0.2) is 0 Å². The van der Waals surface area contributed by atoms with Gasteiger partial charge in [0, 0.05) is 25.2 Å². The Morgan fingerprint density at radius 3 is 2.65 bits per heavy atom. The molecule has 2 nitrogen and oxygen atoms in total. The molecule has 1 saturated carbocycles. The predicted molar refractivity (Wildman–Crippen MR) is 72.1 cm³/mol. The topological polar surface area (TPSA) is 6.48 Å². The number of hydrogen-bond acceptors (Lipinski definition) is 2. The smallest absolute Gasteiger partial charge is 0.0246 e. The highest BCUT2D eigenvalue weighted by Gasteiger charge is 2.37. The first-order valence-corrected chi connectivity index (χ1v) is 7.72. The van der Waals surface area contributed by atoms with Gasteiger partial charge in [-0.25, -0.2) is 0 Å². The SMILES string of the molecule is CC(C)C1CN2CCCC2CN1CCC1CC1. The van der Waals surface area contributed by atoms with Gasteiger partial charge >= 0.3 is 0 Å². The van der Waals surface area contributed by atoms with Crippen molar-refractivity contribution >= 4 is 0 Å². The quantitative estimate of drug-likeness (QED) is 0.740. The van der Waals surface area contributed by atoms with Crippen molar-refractivity contribution in [1.82, 2.24) is 9.80 Å². The normalized spacial score (nSPS) is 35.5. The van der Waals surface area contributed by atoms with Crippen LogP contribution in [0.25, 0.3) is 0 Å². The maximum absolute atomic E-state index is 2.83. The molecule has 17 heavy (non-hydrogen) atoms. The van der Waals surface area contributed by atoms with E-state index >= 15 is 0 Å². The third kappa shape index (κ3) is 2.68. The van der Waals surface area contributed by atoms with Crippen LogP contribution in [-0.4, -0.2) is 48.1 Å². The zero-order valence-electron chi connectivity index (χ0n) is 11.6. The lowest BCUT2D eigenvalue weighted by Crippen LogP contribution is -2.57. The van der Waals surface area contributed by atoms with Crippen LogP contribution in [0.4, 0.5) is 0 Å². The van der Waals surface area contributed by atoms with Gasteiger partial charge in [-0.2, -0.15) is 0 Å². The van der Waals surface area contributed by atoms with Gasteiger partial charge in [-0.05, 0) is 44.2 Å². The van der Waals surface area contributed by atoms with E-state index in [2.05, 4.69) is 23.6 Å². The molecule has 0 aromatic carbocycles. The van der Waals surface area contributed by atoms with E-state index in [1.807, 2.05) is 0 Å². The van der Waals surface area contributed by atoms with E-state index in [1.165, 1.54) is 58.3 Å². The third-order valence-corrected chi connectivity index (χ3v) is 5.13. The summed E-state index contributed by atoms with van der Waals surface area (Å²) in [7, 11) is 0. The van der Waals surface area contributed by atoms with Crippen molar-refractivity contribution in [1.29, 1.82) is 0 Å². The number of nitrogens with zero attached hydrogens (tertiary/aromatic N) is 2. The van der Waals surface area contributed by atoms with Gasteiger partial charge in [0.2, 0.25) is 0 Å². The molecular weight excluding hydrogens is 208 g/mol. The molecule has 2 saturated heterocycles. The molecule has 98 valence electrons. The summed E-state index contributed by atoms with van der Waals surface area (Å²) in [4.78, 5) is 5.59. The summed E-state index contributed by atoms with van der Waals surface area (Å²) in [6.07, 6.45) is 7.37. The van der Waals surface area contributed by atoms with E-state index in [0.717, 1.165) is 23.9 Å². The summed E-state index contributed by atoms with van der Waals surface area (Å²) in [5.74, 6) is 1.90. The Kier molecular flexibility index (Phi) is 3.45. The van der Waals surface area contributed by atoms with Gasteiger partial charge in [0.1, 0.15) is 0 Å². The maximum atomic E-state index is 2.83. The highest BCUT2D eigenvalue weighted by Crippen LogP contribution is 2.34. The summed E-state index contributed by atoms with van der Waals surface area (Å²) < 4.78 is 0. The number of piperazine rings is 1. The van der Waals surface area contributed by atoms with E-state index in [0.29, 0.717) is 0 Å². The molecule has 0 bridgehead atoms. The first kappa shape index (κ1) is 12.0. The second-order valence-corrected chi connectivity index (χ2v) is 6.83. The summed E-state index contributed by atoms with van der Waals surface area (Å²) >= 11 is 0. The third-order valence-electron chi connectivity index (χ3n) is 5.13. The van der Waals surface area contributed by atoms with Crippen LogP contribution in [0.3, 0.4) is 0 Å². The highest BCUT2D eigenvalue weighted by molar-refractivity contribution is 4.93. The van der Waals surface area contributed by atoms with Crippen LogP contribution in [0, 0.1) is 11.8 Å². The van der Waals surface area contributed by atoms with Gasteiger partial charge in [-0.1, -0.05) is 26.7 Å². The van der Waals surface area contributed by atoms with Crippen LogP contribution < -0.4 is 0 Å². The first-order valence-electron chi connectivity index (χ1n) is 7.72. The zero-order chi connectivity index (χ0) is 11.8. The fourth-order valence-electron chi connectivity index (χ4n) is 3.75. The Labute approximate surface area is 106 Å². The zero-order valence-corrected chi connectivity index (χ0v) is 11.6. The lowest BCUT2D eigenvalue weighted by atomic mass is 9.97. The van der Waals surface area contributed by atoms with Crippen LogP contribution in [0.5, 0.6) is 0 Å². The van der Waals surface area contributed by atoms with Crippen LogP contribution in [-0.2, 0) is 0 Å². The Bertz CT molecular complexity index is 260. The van der Waals surface area contributed by atoms with E-state index in [9.17, 15) is 0 Å². The van der Waals surface area contributed by atoms with Crippen molar-refractivity contribution < 1.29 is 0 Å². The molecule has 0 spiro atoms. The molecule has 0 N–H and O–H groups in total. The predicted octanol–water partition coefficient (Wildman–Crippen LogP) is 2.59. The monoisotopic (exact) mass is 236 g/mol. The Morgan fingerprint density at radius 1 is 1.12 bits per heavy atom. The molecule has 2 aliphatic heterocycles. The lowest BCUT2D eigenvalue weighted by molar-refractivity contribution is 0.0278. The average Bonchev–Trinajstić information content (AvgIpc) is 3.02. The van der Waals surface area contributed by atoms with Crippen molar-refractivity contribution in [3.8, 4) is 0 Å². The average molecular weight is 236 g/mol. The standard InChI is InChI=1S/C15H28N2/c1-12(2)15-11-16-8-3-4-14(16)10-17(15)9-7-13-5-6-13/h12-15H,3-11H2,1-2H3. The number of fused-ring (bicyclic) bond motifs is 1. The fourth-order valence-corrected chi connectivity index (χ4v) is 3.75. The van der Waals surface area contributed by atoms with Crippen molar-refractivity contribution in [2.45, 2.75) is 58.0 Å². The van der Waals surface area contributed by atoms with E-state index in [-0.39, 0.29) is 0 Å². The minimum Gasteiger partial charge on any atom is -0.298 e. The molecule has 2 unspecified atom stereocenters.